The lowest BCUT2D eigenvalue weighted by Crippen LogP contribution is -2.04. The van der Waals surface area contributed by atoms with Crippen molar-refractivity contribution in [1.29, 1.82) is 0 Å². The van der Waals surface area contributed by atoms with Gasteiger partial charge < -0.3 is 5.32 Å². The van der Waals surface area contributed by atoms with Gasteiger partial charge in [-0.1, -0.05) is 30.3 Å². The van der Waals surface area contributed by atoms with Crippen molar-refractivity contribution in [2.75, 3.05) is 11.9 Å². The zero-order valence-electron chi connectivity index (χ0n) is 7.98. The van der Waals surface area contributed by atoms with Crippen LogP contribution in [0, 0.1) is 0 Å². The highest BCUT2D eigenvalue weighted by Crippen LogP contribution is 2.13. The molecular formula is C10H10ClN3S. The third-order valence-corrected chi connectivity index (χ3v) is 2.88. The maximum atomic E-state index is 5.60. The minimum absolute atomic E-state index is 0.308. The molecule has 0 radical (unpaired) electrons. The number of halogens is 1. The summed E-state index contributed by atoms with van der Waals surface area (Å²) in [4.78, 5) is 4.00. The monoisotopic (exact) mass is 239 g/mol. The lowest BCUT2D eigenvalue weighted by molar-refractivity contribution is 1.01. The third-order valence-electron chi connectivity index (χ3n) is 1.93. The molecule has 0 aliphatic heterocycles. The number of hydrogen-bond acceptors (Lipinski definition) is 4. The molecule has 0 saturated carbocycles. The van der Waals surface area contributed by atoms with E-state index in [1.54, 1.807) is 0 Å². The van der Waals surface area contributed by atoms with Crippen LogP contribution in [0.15, 0.2) is 30.3 Å². The molecule has 0 fully saturated rings. The zero-order chi connectivity index (χ0) is 10.5. The standard InChI is InChI=1S/C10H10ClN3S/c11-9-13-10(15-14-9)12-7-6-8-4-2-1-3-5-8/h1-5H,6-7H2,(H,12,13,14). The second kappa shape index (κ2) is 5.09. The molecule has 0 amide bonds. The van der Waals surface area contributed by atoms with Gasteiger partial charge in [-0.05, 0) is 23.6 Å². The van der Waals surface area contributed by atoms with Crippen molar-refractivity contribution in [3.05, 3.63) is 41.2 Å². The third kappa shape index (κ3) is 3.18. The van der Waals surface area contributed by atoms with Crippen molar-refractivity contribution in [3.63, 3.8) is 0 Å². The van der Waals surface area contributed by atoms with E-state index in [9.17, 15) is 0 Å². The van der Waals surface area contributed by atoms with Gasteiger partial charge in [-0.3, -0.25) is 0 Å². The van der Waals surface area contributed by atoms with E-state index >= 15 is 0 Å². The zero-order valence-corrected chi connectivity index (χ0v) is 9.55. The summed E-state index contributed by atoms with van der Waals surface area (Å²) in [6.45, 7) is 0.843. The molecule has 15 heavy (non-hydrogen) atoms. The highest BCUT2D eigenvalue weighted by atomic mass is 35.5. The summed E-state index contributed by atoms with van der Waals surface area (Å²) in [7, 11) is 0. The van der Waals surface area contributed by atoms with Gasteiger partial charge in [-0.15, -0.1) is 0 Å². The summed E-state index contributed by atoms with van der Waals surface area (Å²) >= 11 is 6.89. The molecule has 0 bridgehead atoms. The van der Waals surface area contributed by atoms with Gasteiger partial charge in [0, 0.05) is 18.1 Å². The topological polar surface area (TPSA) is 37.8 Å². The number of aromatic nitrogens is 2. The summed E-state index contributed by atoms with van der Waals surface area (Å²) in [5, 5.41) is 4.26. The van der Waals surface area contributed by atoms with Gasteiger partial charge in [0.15, 0.2) is 0 Å². The van der Waals surface area contributed by atoms with Crippen LogP contribution in [0.5, 0.6) is 0 Å². The van der Waals surface area contributed by atoms with Crippen molar-refractivity contribution in [2.24, 2.45) is 0 Å². The molecule has 0 aliphatic rings. The molecule has 2 rings (SSSR count). The van der Waals surface area contributed by atoms with Crippen LogP contribution in [0.25, 0.3) is 0 Å². The lowest BCUT2D eigenvalue weighted by atomic mass is 10.2. The van der Waals surface area contributed by atoms with Crippen molar-refractivity contribution < 1.29 is 0 Å². The molecule has 78 valence electrons. The number of benzene rings is 1. The predicted octanol–water partition coefficient (Wildman–Crippen LogP) is 2.85. The van der Waals surface area contributed by atoms with Crippen molar-refractivity contribution in [2.45, 2.75) is 6.42 Å². The Labute approximate surface area is 97.3 Å². The highest BCUT2D eigenvalue weighted by Gasteiger charge is 1.99. The molecular weight excluding hydrogens is 230 g/mol. The van der Waals surface area contributed by atoms with Crippen LogP contribution in [-0.4, -0.2) is 15.9 Å². The molecule has 1 aromatic carbocycles. The minimum Gasteiger partial charge on any atom is -0.360 e. The molecule has 0 aliphatic carbocycles. The maximum absolute atomic E-state index is 5.60. The van der Waals surface area contributed by atoms with Gasteiger partial charge in [-0.25, -0.2) is 0 Å². The Hall–Kier alpha value is -1.13. The Balaban J connectivity index is 1.80. The van der Waals surface area contributed by atoms with Gasteiger partial charge in [0.25, 0.3) is 0 Å². The first kappa shape index (κ1) is 10.4. The maximum Gasteiger partial charge on any atom is 0.236 e. The van der Waals surface area contributed by atoms with Crippen LogP contribution in [0.3, 0.4) is 0 Å². The summed E-state index contributed by atoms with van der Waals surface area (Å²) in [5.41, 5.74) is 1.31. The summed E-state index contributed by atoms with van der Waals surface area (Å²) in [5.74, 6) is 0. The van der Waals surface area contributed by atoms with Crippen LogP contribution in [-0.2, 0) is 6.42 Å². The first-order valence-electron chi connectivity index (χ1n) is 4.61. The van der Waals surface area contributed by atoms with E-state index in [0.29, 0.717) is 5.28 Å². The number of anilines is 1. The molecule has 0 saturated heterocycles. The van der Waals surface area contributed by atoms with E-state index in [4.69, 9.17) is 11.6 Å². The van der Waals surface area contributed by atoms with E-state index in [-0.39, 0.29) is 0 Å². The van der Waals surface area contributed by atoms with Crippen LogP contribution < -0.4 is 5.32 Å². The molecule has 2 aromatic rings. The number of nitrogens with one attached hydrogen (secondary N) is 1. The molecule has 3 nitrogen and oxygen atoms in total. The second-order valence-electron chi connectivity index (χ2n) is 3.03. The highest BCUT2D eigenvalue weighted by molar-refractivity contribution is 7.09. The number of rotatable bonds is 4. The van der Waals surface area contributed by atoms with Crippen LogP contribution in [0.1, 0.15) is 5.56 Å². The smallest absolute Gasteiger partial charge is 0.236 e. The van der Waals surface area contributed by atoms with E-state index in [1.807, 2.05) is 18.2 Å². The van der Waals surface area contributed by atoms with Gasteiger partial charge >= 0.3 is 0 Å². The Morgan fingerprint density at radius 3 is 2.73 bits per heavy atom. The summed E-state index contributed by atoms with van der Waals surface area (Å²) in [6, 6.07) is 10.3. The van der Waals surface area contributed by atoms with E-state index < -0.39 is 0 Å². The van der Waals surface area contributed by atoms with Crippen molar-refractivity contribution in [3.8, 4) is 0 Å². The van der Waals surface area contributed by atoms with E-state index in [1.165, 1.54) is 17.1 Å². The average Bonchev–Trinajstić information content (AvgIpc) is 2.66. The molecule has 1 heterocycles. The number of nitrogens with zero attached hydrogens (tertiary/aromatic N) is 2. The fourth-order valence-corrected chi connectivity index (χ4v) is 1.97. The fourth-order valence-electron chi connectivity index (χ4n) is 1.24. The fraction of sp³-hybridized carbons (Fsp3) is 0.200. The van der Waals surface area contributed by atoms with Crippen LogP contribution >= 0.6 is 23.1 Å². The van der Waals surface area contributed by atoms with E-state index in [0.717, 1.165) is 18.1 Å². The van der Waals surface area contributed by atoms with Gasteiger partial charge in [0.2, 0.25) is 10.4 Å². The van der Waals surface area contributed by atoms with E-state index in [2.05, 4.69) is 26.8 Å². The predicted molar refractivity (Wildman–Crippen MR) is 63.6 cm³/mol. The summed E-state index contributed by atoms with van der Waals surface area (Å²) < 4.78 is 3.88. The first-order chi connectivity index (χ1) is 7.34. The van der Waals surface area contributed by atoms with Crippen LogP contribution in [0.2, 0.25) is 5.28 Å². The SMILES string of the molecule is Clc1nsc(NCCc2ccccc2)n1. The lowest BCUT2D eigenvalue weighted by Gasteiger charge is -2.01. The Morgan fingerprint density at radius 1 is 1.27 bits per heavy atom. The van der Waals surface area contributed by atoms with Gasteiger partial charge in [0.1, 0.15) is 0 Å². The van der Waals surface area contributed by atoms with Crippen molar-refractivity contribution >= 4 is 28.3 Å². The van der Waals surface area contributed by atoms with Gasteiger partial charge in [-0.2, -0.15) is 9.36 Å². The molecule has 1 N–H and O–H groups in total. The molecule has 0 atom stereocenters. The molecule has 1 aromatic heterocycles. The second-order valence-corrected chi connectivity index (χ2v) is 4.12. The Kier molecular flexibility index (Phi) is 3.53. The summed E-state index contributed by atoms with van der Waals surface area (Å²) in [6.07, 6.45) is 0.970. The Bertz CT molecular complexity index is 416. The van der Waals surface area contributed by atoms with Crippen LogP contribution in [0.4, 0.5) is 5.13 Å². The normalized spacial score (nSPS) is 10.2. The minimum atomic E-state index is 0.308. The van der Waals surface area contributed by atoms with Crippen molar-refractivity contribution in [1.82, 2.24) is 9.36 Å². The quantitative estimate of drug-likeness (QED) is 0.892. The van der Waals surface area contributed by atoms with Gasteiger partial charge in [0.05, 0.1) is 0 Å². The largest absolute Gasteiger partial charge is 0.360 e. The molecule has 0 unspecified atom stereocenters. The Morgan fingerprint density at radius 2 is 2.07 bits per heavy atom. The average molecular weight is 240 g/mol. The molecule has 5 heteroatoms. The number of hydrogen-bond donors (Lipinski definition) is 1. The first-order valence-corrected chi connectivity index (χ1v) is 5.77. The molecule has 0 spiro atoms.